The second-order valence-electron chi connectivity index (χ2n) is 8.62. The minimum Gasteiger partial charge on any atom is -0.508 e. The Labute approximate surface area is 180 Å². The summed E-state index contributed by atoms with van der Waals surface area (Å²) in [6.07, 6.45) is 6.81. The number of hydrogen-bond donors (Lipinski definition) is 3. The maximum Gasteiger partial charge on any atom is 0.128 e. The molecule has 1 unspecified atom stereocenters. The third-order valence-electron chi connectivity index (χ3n) is 5.68. The molecule has 3 rings (SSSR count). The van der Waals surface area contributed by atoms with Crippen molar-refractivity contribution in [1.82, 2.24) is 0 Å². The third-order valence-corrected chi connectivity index (χ3v) is 5.68. The lowest BCUT2D eigenvalue weighted by Crippen LogP contribution is -2.37. The van der Waals surface area contributed by atoms with E-state index in [4.69, 9.17) is 4.74 Å². The number of phenols is 3. The van der Waals surface area contributed by atoms with Crippen molar-refractivity contribution in [2.24, 2.45) is 11.8 Å². The van der Waals surface area contributed by atoms with Crippen LogP contribution in [0.15, 0.2) is 54.1 Å². The molecule has 4 heteroatoms. The predicted molar refractivity (Wildman–Crippen MR) is 123 cm³/mol. The number of fused-ring (bicyclic) bond motifs is 1. The standard InChI is InChI=1S/C13H16O2.C13H18O2/c1-9(2)13(3)7-6-10-8-11(14)4-5-12(10)15-13;1-9(2)10(3)4-5-11-8-12(14)6-7-13(11)15/h4-9,14H,1-3H3;4,6-9,14-15H,5H2,1-3H3/b;10-4+. The highest BCUT2D eigenvalue weighted by Gasteiger charge is 2.30. The van der Waals surface area contributed by atoms with Crippen LogP contribution >= 0.6 is 0 Å². The van der Waals surface area contributed by atoms with E-state index in [-0.39, 0.29) is 22.8 Å². The summed E-state index contributed by atoms with van der Waals surface area (Å²) in [4.78, 5) is 0. The Kier molecular flexibility index (Phi) is 7.60. The van der Waals surface area contributed by atoms with Crippen LogP contribution in [-0.2, 0) is 6.42 Å². The maximum absolute atomic E-state index is 9.55. The van der Waals surface area contributed by atoms with Crippen LogP contribution in [-0.4, -0.2) is 20.9 Å². The number of aromatic hydroxyl groups is 3. The number of hydrogen-bond acceptors (Lipinski definition) is 4. The van der Waals surface area contributed by atoms with Crippen LogP contribution in [0.3, 0.4) is 0 Å². The minimum absolute atomic E-state index is 0.193. The summed E-state index contributed by atoms with van der Waals surface area (Å²) in [6, 6.07) is 9.78. The quantitative estimate of drug-likeness (QED) is 0.400. The smallest absolute Gasteiger partial charge is 0.128 e. The van der Waals surface area contributed by atoms with E-state index in [9.17, 15) is 15.3 Å². The number of rotatable bonds is 4. The Hall–Kier alpha value is -2.88. The van der Waals surface area contributed by atoms with E-state index >= 15 is 0 Å². The van der Waals surface area contributed by atoms with Gasteiger partial charge in [-0.1, -0.05) is 45.4 Å². The SMILES string of the molecule is C/C(=C\Cc1cc(O)ccc1O)C(C)C.CC(C)C1(C)C=Cc2cc(O)ccc2O1. The van der Waals surface area contributed by atoms with Crippen LogP contribution in [0.2, 0.25) is 0 Å². The first-order chi connectivity index (χ1) is 14.0. The molecule has 0 amide bonds. The lowest BCUT2D eigenvalue weighted by molar-refractivity contribution is 0.0874. The number of allylic oxidation sites excluding steroid dienone is 2. The van der Waals surface area contributed by atoms with Gasteiger partial charge in [-0.05, 0) is 74.6 Å². The maximum atomic E-state index is 9.55. The molecule has 162 valence electrons. The van der Waals surface area contributed by atoms with Crippen LogP contribution in [0.4, 0.5) is 0 Å². The number of ether oxygens (including phenoxy) is 1. The van der Waals surface area contributed by atoms with E-state index in [2.05, 4.69) is 53.7 Å². The second kappa shape index (κ2) is 9.75. The highest BCUT2D eigenvalue weighted by atomic mass is 16.5. The molecule has 0 fully saturated rings. The zero-order valence-corrected chi connectivity index (χ0v) is 18.8. The van der Waals surface area contributed by atoms with Gasteiger partial charge in [0.2, 0.25) is 0 Å². The summed E-state index contributed by atoms with van der Waals surface area (Å²) in [5, 5.41) is 28.2. The van der Waals surface area contributed by atoms with Gasteiger partial charge >= 0.3 is 0 Å². The monoisotopic (exact) mass is 410 g/mol. The summed E-state index contributed by atoms with van der Waals surface area (Å²) in [6.45, 7) is 12.7. The molecule has 1 heterocycles. The fourth-order valence-corrected chi connectivity index (χ4v) is 2.84. The van der Waals surface area contributed by atoms with Gasteiger partial charge in [-0.2, -0.15) is 0 Å². The highest BCUT2D eigenvalue weighted by molar-refractivity contribution is 5.62. The summed E-state index contributed by atoms with van der Waals surface area (Å²) in [5.41, 5.74) is 2.74. The Morgan fingerprint density at radius 1 is 1.00 bits per heavy atom. The average Bonchev–Trinajstić information content (AvgIpc) is 2.69. The molecule has 3 N–H and O–H groups in total. The zero-order chi connectivity index (χ0) is 22.5. The zero-order valence-electron chi connectivity index (χ0n) is 18.8. The third kappa shape index (κ3) is 6.06. The van der Waals surface area contributed by atoms with Gasteiger partial charge < -0.3 is 20.1 Å². The van der Waals surface area contributed by atoms with Gasteiger partial charge in [0, 0.05) is 11.1 Å². The first-order valence-electron chi connectivity index (χ1n) is 10.4. The summed E-state index contributed by atoms with van der Waals surface area (Å²) in [7, 11) is 0. The highest BCUT2D eigenvalue weighted by Crippen LogP contribution is 2.36. The number of phenolic OH excluding ortho intramolecular Hbond substituents is 3. The second-order valence-corrected chi connectivity index (χ2v) is 8.62. The molecular weight excluding hydrogens is 376 g/mol. The van der Waals surface area contributed by atoms with Crippen LogP contribution in [0.1, 0.15) is 52.7 Å². The molecule has 1 aliphatic heterocycles. The molecule has 1 atom stereocenters. The van der Waals surface area contributed by atoms with Crippen molar-refractivity contribution in [2.75, 3.05) is 0 Å². The Morgan fingerprint density at radius 2 is 1.63 bits per heavy atom. The summed E-state index contributed by atoms with van der Waals surface area (Å²) < 4.78 is 5.94. The van der Waals surface area contributed by atoms with Crippen LogP contribution in [0, 0.1) is 11.8 Å². The van der Waals surface area contributed by atoms with Crippen molar-refractivity contribution < 1.29 is 20.1 Å². The molecule has 0 aliphatic carbocycles. The lowest BCUT2D eigenvalue weighted by Gasteiger charge is -2.35. The van der Waals surface area contributed by atoms with E-state index < -0.39 is 0 Å². The average molecular weight is 411 g/mol. The normalized spacial score (nSPS) is 17.9. The molecule has 2 aromatic carbocycles. The van der Waals surface area contributed by atoms with E-state index in [0.29, 0.717) is 18.3 Å². The molecule has 0 radical (unpaired) electrons. The van der Waals surface area contributed by atoms with E-state index in [1.165, 1.54) is 17.7 Å². The minimum atomic E-state index is -0.246. The van der Waals surface area contributed by atoms with E-state index in [1.807, 2.05) is 12.1 Å². The van der Waals surface area contributed by atoms with Crippen molar-refractivity contribution >= 4 is 6.08 Å². The molecular formula is C26H34O4. The number of benzene rings is 2. The molecule has 2 aromatic rings. The van der Waals surface area contributed by atoms with Gasteiger partial charge in [-0.3, -0.25) is 0 Å². The van der Waals surface area contributed by atoms with Crippen molar-refractivity contribution in [3.05, 3.63) is 65.3 Å². The fourth-order valence-electron chi connectivity index (χ4n) is 2.84. The predicted octanol–water partition coefficient (Wildman–Crippen LogP) is 6.46. The molecule has 0 saturated heterocycles. The molecule has 0 spiro atoms. The van der Waals surface area contributed by atoms with Gasteiger partial charge in [-0.15, -0.1) is 0 Å². The largest absolute Gasteiger partial charge is 0.508 e. The van der Waals surface area contributed by atoms with Crippen LogP contribution in [0.5, 0.6) is 23.0 Å². The molecule has 4 nitrogen and oxygen atoms in total. The van der Waals surface area contributed by atoms with Gasteiger partial charge in [0.05, 0.1) is 0 Å². The van der Waals surface area contributed by atoms with E-state index in [1.54, 1.807) is 18.2 Å². The van der Waals surface area contributed by atoms with Gasteiger partial charge in [0.1, 0.15) is 28.6 Å². The Morgan fingerprint density at radius 3 is 2.27 bits per heavy atom. The molecule has 0 aromatic heterocycles. The van der Waals surface area contributed by atoms with Crippen molar-refractivity contribution in [3.8, 4) is 23.0 Å². The lowest BCUT2D eigenvalue weighted by atomic mass is 9.89. The van der Waals surface area contributed by atoms with Gasteiger partial charge in [0.25, 0.3) is 0 Å². The van der Waals surface area contributed by atoms with Crippen LogP contribution < -0.4 is 4.74 Å². The Balaban J connectivity index is 0.000000214. The van der Waals surface area contributed by atoms with Gasteiger partial charge in [-0.25, -0.2) is 0 Å². The summed E-state index contributed by atoms with van der Waals surface area (Å²) >= 11 is 0. The van der Waals surface area contributed by atoms with Crippen molar-refractivity contribution in [1.29, 1.82) is 0 Å². The molecule has 1 aliphatic rings. The molecule has 30 heavy (non-hydrogen) atoms. The Bertz CT molecular complexity index is 925. The fraction of sp³-hybridized carbons (Fsp3) is 0.385. The van der Waals surface area contributed by atoms with E-state index in [0.717, 1.165) is 16.9 Å². The van der Waals surface area contributed by atoms with Crippen molar-refractivity contribution in [3.63, 3.8) is 0 Å². The topological polar surface area (TPSA) is 69.9 Å². The van der Waals surface area contributed by atoms with Crippen LogP contribution in [0.25, 0.3) is 6.08 Å². The first kappa shape index (κ1) is 23.4. The first-order valence-corrected chi connectivity index (χ1v) is 10.4. The van der Waals surface area contributed by atoms with Crippen molar-refractivity contribution in [2.45, 2.75) is 53.6 Å². The van der Waals surface area contributed by atoms with Gasteiger partial charge in [0.15, 0.2) is 0 Å². The molecule has 0 saturated carbocycles. The summed E-state index contributed by atoms with van der Waals surface area (Å²) in [5.74, 6) is 2.47. The molecule has 0 bridgehead atoms.